The smallest absolute Gasteiger partial charge is 0.341 e. The second-order valence-electron chi connectivity index (χ2n) is 5.23. The maximum absolute atomic E-state index is 12.4. The Bertz CT molecular complexity index is 749. The molecule has 1 saturated heterocycles. The van der Waals surface area contributed by atoms with Gasteiger partial charge in [0.2, 0.25) is 5.91 Å². The minimum absolute atomic E-state index is 0.0142. The van der Waals surface area contributed by atoms with E-state index in [0.29, 0.717) is 4.90 Å². The SMILES string of the molecule is C#CCNC(=O)c1ccc(=O)n(C2CCN(CC(F)(F)F)C2=O)c1. The van der Waals surface area contributed by atoms with Crippen molar-refractivity contribution < 1.29 is 22.8 Å². The molecular formula is C15H14F3N3O3. The lowest BCUT2D eigenvalue weighted by Gasteiger charge is -2.19. The first-order chi connectivity index (χ1) is 11.2. The van der Waals surface area contributed by atoms with Crippen LogP contribution < -0.4 is 10.9 Å². The molecule has 0 aliphatic carbocycles. The lowest BCUT2D eigenvalue weighted by Crippen LogP contribution is -2.38. The van der Waals surface area contributed by atoms with Crippen LogP contribution in [0.3, 0.4) is 0 Å². The van der Waals surface area contributed by atoms with Gasteiger partial charge in [0.1, 0.15) is 12.6 Å². The number of carbonyl (C=O) groups excluding carboxylic acids is 2. The molecule has 0 bridgehead atoms. The lowest BCUT2D eigenvalue weighted by molar-refractivity contribution is -0.158. The van der Waals surface area contributed by atoms with Gasteiger partial charge in [0.25, 0.3) is 11.5 Å². The molecule has 1 fully saturated rings. The number of halogens is 3. The highest BCUT2D eigenvalue weighted by Gasteiger charge is 2.40. The van der Waals surface area contributed by atoms with E-state index in [-0.39, 0.29) is 25.1 Å². The Morgan fingerprint density at radius 1 is 1.38 bits per heavy atom. The lowest BCUT2D eigenvalue weighted by atomic mass is 10.2. The van der Waals surface area contributed by atoms with E-state index < -0.39 is 36.1 Å². The summed E-state index contributed by atoms with van der Waals surface area (Å²) in [5.74, 6) is 0.878. The molecule has 128 valence electrons. The molecule has 1 atom stereocenters. The van der Waals surface area contributed by atoms with Crippen LogP contribution in [0.5, 0.6) is 0 Å². The molecule has 0 saturated carbocycles. The van der Waals surface area contributed by atoms with Crippen molar-refractivity contribution in [1.82, 2.24) is 14.8 Å². The van der Waals surface area contributed by atoms with Crippen LogP contribution in [0.25, 0.3) is 0 Å². The summed E-state index contributed by atoms with van der Waals surface area (Å²) in [6.07, 6.45) is 1.74. The molecule has 24 heavy (non-hydrogen) atoms. The summed E-state index contributed by atoms with van der Waals surface area (Å²) in [6.45, 7) is -1.48. The van der Waals surface area contributed by atoms with E-state index >= 15 is 0 Å². The second kappa shape index (κ2) is 6.78. The molecule has 1 aliphatic heterocycles. The predicted molar refractivity (Wildman–Crippen MR) is 78.2 cm³/mol. The third kappa shape index (κ3) is 3.95. The van der Waals surface area contributed by atoms with Gasteiger partial charge in [0.05, 0.1) is 12.1 Å². The standard InChI is InChI=1S/C15H14F3N3O3/c1-2-6-19-13(23)10-3-4-12(22)21(8-10)11-5-7-20(14(11)24)9-15(16,17)18/h1,3-4,8,11H,5-7,9H2,(H,19,23). The molecular weight excluding hydrogens is 327 g/mol. The van der Waals surface area contributed by atoms with Crippen LogP contribution in [-0.2, 0) is 4.79 Å². The summed E-state index contributed by atoms with van der Waals surface area (Å²) in [5.41, 5.74) is -0.484. The van der Waals surface area contributed by atoms with E-state index in [9.17, 15) is 27.6 Å². The van der Waals surface area contributed by atoms with Crippen molar-refractivity contribution in [2.75, 3.05) is 19.6 Å². The summed E-state index contributed by atoms with van der Waals surface area (Å²) < 4.78 is 38.3. The van der Waals surface area contributed by atoms with Crippen molar-refractivity contribution in [3.8, 4) is 12.3 Å². The van der Waals surface area contributed by atoms with Crippen molar-refractivity contribution >= 4 is 11.8 Å². The highest BCUT2D eigenvalue weighted by atomic mass is 19.4. The largest absolute Gasteiger partial charge is 0.406 e. The highest BCUT2D eigenvalue weighted by Crippen LogP contribution is 2.26. The van der Waals surface area contributed by atoms with Gasteiger partial charge in [-0.05, 0) is 12.5 Å². The average molecular weight is 341 g/mol. The fourth-order valence-corrected chi connectivity index (χ4v) is 2.47. The minimum Gasteiger partial charge on any atom is -0.341 e. The number of pyridine rings is 1. The molecule has 1 aromatic heterocycles. The first-order valence-corrected chi connectivity index (χ1v) is 7.02. The summed E-state index contributed by atoms with van der Waals surface area (Å²) in [6, 6.07) is 1.29. The average Bonchev–Trinajstić information content (AvgIpc) is 2.84. The number of hydrogen-bond donors (Lipinski definition) is 1. The molecule has 2 heterocycles. The molecule has 1 aromatic rings. The molecule has 1 aliphatic rings. The van der Waals surface area contributed by atoms with Crippen LogP contribution in [0.15, 0.2) is 23.1 Å². The number of alkyl halides is 3. The summed E-state index contributed by atoms with van der Waals surface area (Å²) in [7, 11) is 0. The van der Waals surface area contributed by atoms with E-state index in [0.717, 1.165) is 16.8 Å². The number of carbonyl (C=O) groups is 2. The number of terminal acetylenes is 1. The van der Waals surface area contributed by atoms with Crippen molar-refractivity contribution in [2.45, 2.75) is 18.6 Å². The molecule has 1 N–H and O–H groups in total. The summed E-state index contributed by atoms with van der Waals surface area (Å²) in [5, 5.41) is 2.40. The monoisotopic (exact) mass is 341 g/mol. The van der Waals surface area contributed by atoms with Crippen molar-refractivity contribution in [2.24, 2.45) is 0 Å². The van der Waals surface area contributed by atoms with Crippen molar-refractivity contribution in [1.29, 1.82) is 0 Å². The molecule has 2 amide bonds. The van der Waals surface area contributed by atoms with E-state index in [1.165, 1.54) is 6.07 Å². The van der Waals surface area contributed by atoms with Crippen LogP contribution in [0.1, 0.15) is 22.8 Å². The van der Waals surface area contributed by atoms with E-state index in [1.54, 1.807) is 0 Å². The zero-order chi connectivity index (χ0) is 17.9. The number of aromatic nitrogens is 1. The van der Waals surface area contributed by atoms with Gasteiger partial charge < -0.3 is 14.8 Å². The van der Waals surface area contributed by atoms with Gasteiger partial charge in [-0.3, -0.25) is 14.4 Å². The van der Waals surface area contributed by atoms with Gasteiger partial charge in [0.15, 0.2) is 0 Å². The normalized spacial score (nSPS) is 17.7. The number of rotatable bonds is 4. The highest BCUT2D eigenvalue weighted by molar-refractivity contribution is 5.94. The zero-order valence-corrected chi connectivity index (χ0v) is 12.5. The third-order valence-electron chi connectivity index (χ3n) is 3.53. The molecule has 0 aromatic carbocycles. The quantitative estimate of drug-likeness (QED) is 0.813. The Hall–Kier alpha value is -2.76. The molecule has 0 spiro atoms. The van der Waals surface area contributed by atoms with E-state index in [1.807, 2.05) is 0 Å². The third-order valence-corrected chi connectivity index (χ3v) is 3.53. The minimum atomic E-state index is -4.51. The Labute approximate surface area is 135 Å². The number of likely N-dealkylation sites (tertiary alicyclic amines) is 1. The first-order valence-electron chi connectivity index (χ1n) is 7.02. The first kappa shape index (κ1) is 17.6. The van der Waals surface area contributed by atoms with Gasteiger partial charge in [-0.25, -0.2) is 0 Å². The summed E-state index contributed by atoms with van der Waals surface area (Å²) in [4.78, 5) is 36.6. The zero-order valence-electron chi connectivity index (χ0n) is 12.5. The van der Waals surface area contributed by atoms with Gasteiger partial charge >= 0.3 is 6.18 Å². The van der Waals surface area contributed by atoms with Crippen LogP contribution >= 0.6 is 0 Å². The van der Waals surface area contributed by atoms with Gasteiger partial charge in [0, 0.05) is 18.8 Å². The van der Waals surface area contributed by atoms with Gasteiger partial charge in [-0.15, -0.1) is 6.42 Å². The number of amides is 2. The molecule has 9 heteroatoms. The second-order valence-corrected chi connectivity index (χ2v) is 5.23. The topological polar surface area (TPSA) is 71.4 Å². The summed E-state index contributed by atoms with van der Waals surface area (Å²) >= 11 is 0. The maximum atomic E-state index is 12.4. The van der Waals surface area contributed by atoms with E-state index in [2.05, 4.69) is 11.2 Å². The van der Waals surface area contributed by atoms with Crippen molar-refractivity contribution in [3.05, 3.63) is 34.2 Å². The van der Waals surface area contributed by atoms with Gasteiger partial charge in [-0.1, -0.05) is 5.92 Å². The molecule has 0 radical (unpaired) electrons. The molecule has 2 rings (SSSR count). The fourth-order valence-electron chi connectivity index (χ4n) is 2.47. The van der Waals surface area contributed by atoms with Crippen LogP contribution in [0.4, 0.5) is 13.2 Å². The van der Waals surface area contributed by atoms with Gasteiger partial charge in [-0.2, -0.15) is 13.2 Å². The van der Waals surface area contributed by atoms with E-state index in [4.69, 9.17) is 6.42 Å². The molecule has 1 unspecified atom stereocenters. The number of nitrogens with zero attached hydrogens (tertiary/aromatic N) is 2. The predicted octanol–water partition coefficient (Wildman–Crippen LogP) is 0.547. The fraction of sp³-hybridized carbons (Fsp3) is 0.400. The van der Waals surface area contributed by atoms with Crippen LogP contribution in [0, 0.1) is 12.3 Å². The van der Waals surface area contributed by atoms with Crippen LogP contribution in [-0.4, -0.2) is 47.1 Å². The Kier molecular flexibility index (Phi) is 4.97. The van der Waals surface area contributed by atoms with Crippen molar-refractivity contribution in [3.63, 3.8) is 0 Å². The number of hydrogen-bond acceptors (Lipinski definition) is 3. The number of nitrogens with one attached hydrogen (secondary N) is 1. The van der Waals surface area contributed by atoms with Crippen LogP contribution in [0.2, 0.25) is 0 Å². The Morgan fingerprint density at radius 2 is 2.08 bits per heavy atom. The maximum Gasteiger partial charge on any atom is 0.406 e. The Morgan fingerprint density at radius 3 is 2.71 bits per heavy atom. The molecule has 6 nitrogen and oxygen atoms in total. The Balaban J connectivity index is 2.23.